The van der Waals surface area contributed by atoms with Gasteiger partial charge in [0.1, 0.15) is 0 Å². The zero-order valence-electron chi connectivity index (χ0n) is 10.6. The van der Waals surface area contributed by atoms with Crippen molar-refractivity contribution in [1.29, 1.82) is 5.26 Å². The summed E-state index contributed by atoms with van der Waals surface area (Å²) in [6.45, 7) is 4.96. The van der Waals surface area contributed by atoms with Crippen LogP contribution in [0.3, 0.4) is 0 Å². The molecule has 3 nitrogen and oxygen atoms in total. The summed E-state index contributed by atoms with van der Waals surface area (Å²) in [5.41, 5.74) is 0. The first kappa shape index (κ1) is 13.9. The third-order valence-electron chi connectivity index (χ3n) is 2.50. The number of likely N-dealkylation sites (N-methyl/N-ethyl adjacent to an activating group) is 1. The molecule has 0 amide bonds. The van der Waals surface area contributed by atoms with Gasteiger partial charge in [-0.3, -0.25) is 9.69 Å². The van der Waals surface area contributed by atoms with Gasteiger partial charge in [0.2, 0.25) is 0 Å². The van der Waals surface area contributed by atoms with Gasteiger partial charge in [-0.2, -0.15) is 5.26 Å². The first-order valence-electron chi connectivity index (χ1n) is 5.76. The quantitative estimate of drug-likeness (QED) is 0.729. The number of carbonyl (C=O) groups is 1. The van der Waals surface area contributed by atoms with Gasteiger partial charge in [-0.1, -0.05) is 6.92 Å². The first-order valence-corrected chi connectivity index (χ1v) is 6.58. The fraction of sp³-hybridized carbons (Fsp3) is 0.538. The molecule has 0 aromatic carbocycles. The monoisotopic (exact) mass is 250 g/mol. The zero-order valence-corrected chi connectivity index (χ0v) is 11.4. The smallest absolute Gasteiger partial charge is 0.186 e. The van der Waals surface area contributed by atoms with Gasteiger partial charge in [-0.15, -0.1) is 11.3 Å². The summed E-state index contributed by atoms with van der Waals surface area (Å²) in [6, 6.07) is 6.08. The maximum atomic E-state index is 11.9. The van der Waals surface area contributed by atoms with Gasteiger partial charge in [-0.25, -0.2) is 0 Å². The van der Waals surface area contributed by atoms with Crippen molar-refractivity contribution in [3.8, 4) is 6.07 Å². The molecule has 1 rings (SSSR count). The fourth-order valence-electron chi connectivity index (χ4n) is 1.61. The van der Waals surface area contributed by atoms with Crippen molar-refractivity contribution >= 4 is 17.1 Å². The molecule has 1 unspecified atom stereocenters. The highest BCUT2D eigenvalue weighted by Crippen LogP contribution is 2.17. The number of hydrogen-bond donors (Lipinski definition) is 0. The molecule has 1 atom stereocenters. The van der Waals surface area contributed by atoms with Crippen LogP contribution in [0.2, 0.25) is 0 Å². The molecule has 1 aromatic rings. The number of ketones is 1. The number of rotatable bonds is 6. The van der Waals surface area contributed by atoms with Crippen LogP contribution in [0.1, 0.15) is 28.4 Å². The Kier molecular flexibility index (Phi) is 5.33. The Hall–Kier alpha value is -1.18. The van der Waals surface area contributed by atoms with Crippen LogP contribution in [0.4, 0.5) is 0 Å². The Morgan fingerprint density at radius 2 is 2.29 bits per heavy atom. The first-order chi connectivity index (χ1) is 8.06. The molecule has 17 heavy (non-hydrogen) atoms. The van der Waals surface area contributed by atoms with Crippen molar-refractivity contribution in [2.24, 2.45) is 5.92 Å². The molecule has 0 saturated heterocycles. The van der Waals surface area contributed by atoms with Crippen LogP contribution >= 0.6 is 11.3 Å². The molecule has 0 fully saturated rings. The summed E-state index contributed by atoms with van der Waals surface area (Å²) >= 11 is 1.57. The van der Waals surface area contributed by atoms with Crippen molar-refractivity contribution in [2.45, 2.75) is 20.3 Å². The van der Waals surface area contributed by atoms with Gasteiger partial charge in [0.15, 0.2) is 5.78 Å². The highest BCUT2D eigenvalue weighted by molar-refractivity contribution is 7.14. The van der Waals surface area contributed by atoms with Gasteiger partial charge in [0.05, 0.1) is 23.4 Å². The van der Waals surface area contributed by atoms with Crippen LogP contribution in [0, 0.1) is 17.2 Å². The Bertz CT molecular complexity index is 419. The van der Waals surface area contributed by atoms with Crippen molar-refractivity contribution in [3.05, 3.63) is 21.9 Å². The fourth-order valence-corrected chi connectivity index (χ4v) is 2.49. The lowest BCUT2D eigenvalue weighted by Gasteiger charge is -2.16. The molecule has 0 spiro atoms. The average molecular weight is 250 g/mol. The third-order valence-corrected chi connectivity index (χ3v) is 3.77. The van der Waals surface area contributed by atoms with E-state index in [0.717, 1.165) is 11.3 Å². The summed E-state index contributed by atoms with van der Waals surface area (Å²) in [7, 11) is 1.88. The minimum atomic E-state index is -0.0395. The highest BCUT2D eigenvalue weighted by atomic mass is 32.1. The molecule has 0 radical (unpaired) electrons. The Morgan fingerprint density at radius 3 is 2.82 bits per heavy atom. The topological polar surface area (TPSA) is 44.1 Å². The largest absolute Gasteiger partial charge is 0.298 e. The molecule has 0 aliphatic heterocycles. The van der Waals surface area contributed by atoms with E-state index in [0.29, 0.717) is 13.1 Å². The second-order valence-corrected chi connectivity index (χ2v) is 5.44. The number of carbonyl (C=O) groups excluding carboxylic acids is 1. The summed E-state index contributed by atoms with van der Waals surface area (Å²) < 4.78 is 0. The third kappa shape index (κ3) is 4.29. The minimum absolute atomic E-state index is 0.0395. The van der Waals surface area contributed by atoms with E-state index in [-0.39, 0.29) is 11.7 Å². The zero-order chi connectivity index (χ0) is 12.8. The van der Waals surface area contributed by atoms with Gasteiger partial charge in [-0.05, 0) is 32.5 Å². The molecule has 0 aliphatic carbocycles. The van der Waals surface area contributed by atoms with E-state index >= 15 is 0 Å². The normalized spacial score (nSPS) is 12.4. The number of nitriles is 1. The highest BCUT2D eigenvalue weighted by Gasteiger charge is 2.13. The van der Waals surface area contributed by atoms with E-state index in [4.69, 9.17) is 5.26 Å². The Labute approximate surface area is 107 Å². The second kappa shape index (κ2) is 6.53. The number of hydrogen-bond acceptors (Lipinski definition) is 4. The van der Waals surface area contributed by atoms with Crippen molar-refractivity contribution in [3.63, 3.8) is 0 Å². The lowest BCUT2D eigenvalue weighted by Crippen LogP contribution is -2.29. The summed E-state index contributed by atoms with van der Waals surface area (Å²) in [5, 5.41) is 8.71. The predicted octanol–water partition coefficient (Wildman–Crippen LogP) is 2.58. The van der Waals surface area contributed by atoms with E-state index < -0.39 is 0 Å². The van der Waals surface area contributed by atoms with Crippen molar-refractivity contribution in [1.82, 2.24) is 4.90 Å². The maximum Gasteiger partial charge on any atom is 0.186 e. The number of Topliss-reactive ketones (excluding diaryl/α,β-unsaturated/α-hetero) is 1. The molecule has 0 saturated carbocycles. The van der Waals surface area contributed by atoms with Crippen LogP contribution in [-0.4, -0.2) is 30.8 Å². The molecular formula is C13H18N2OS. The van der Waals surface area contributed by atoms with E-state index in [1.54, 1.807) is 11.3 Å². The van der Waals surface area contributed by atoms with Crippen molar-refractivity contribution in [2.75, 3.05) is 20.1 Å². The van der Waals surface area contributed by atoms with Crippen LogP contribution < -0.4 is 0 Å². The van der Waals surface area contributed by atoms with E-state index in [2.05, 4.69) is 13.0 Å². The van der Waals surface area contributed by atoms with E-state index in [9.17, 15) is 4.79 Å². The van der Waals surface area contributed by atoms with Crippen LogP contribution in [0.15, 0.2) is 12.1 Å². The molecular weight excluding hydrogens is 232 g/mol. The van der Waals surface area contributed by atoms with Gasteiger partial charge in [0.25, 0.3) is 0 Å². The molecule has 0 N–H and O–H groups in total. The van der Waals surface area contributed by atoms with Gasteiger partial charge >= 0.3 is 0 Å². The number of thiophene rings is 1. The van der Waals surface area contributed by atoms with Crippen molar-refractivity contribution < 1.29 is 4.79 Å². The molecule has 0 bridgehead atoms. The van der Waals surface area contributed by atoms with Gasteiger partial charge in [0, 0.05) is 11.4 Å². The predicted molar refractivity (Wildman–Crippen MR) is 70.3 cm³/mol. The van der Waals surface area contributed by atoms with E-state index in [1.165, 1.54) is 4.88 Å². The molecule has 1 heterocycles. The number of nitrogens with zero attached hydrogens (tertiary/aromatic N) is 2. The Balaban J connectivity index is 2.52. The summed E-state index contributed by atoms with van der Waals surface area (Å²) in [4.78, 5) is 15.9. The standard InChI is InChI=1S/C13H18N2OS/c1-4-11-5-6-13(17-11)12(16)9-15(3)8-10(2)7-14/h5-6,10H,4,8-9H2,1-3H3. The second-order valence-electron chi connectivity index (χ2n) is 4.27. The molecule has 92 valence electrons. The van der Waals surface area contributed by atoms with E-state index in [1.807, 2.05) is 31.0 Å². The van der Waals surface area contributed by atoms with Gasteiger partial charge < -0.3 is 0 Å². The molecule has 0 aliphatic rings. The van der Waals surface area contributed by atoms with Crippen LogP contribution in [0.25, 0.3) is 0 Å². The summed E-state index contributed by atoms with van der Waals surface area (Å²) in [5.74, 6) is 0.102. The lowest BCUT2D eigenvalue weighted by atomic mass is 10.2. The lowest BCUT2D eigenvalue weighted by molar-refractivity contribution is 0.0947. The number of aryl methyl sites for hydroxylation is 1. The average Bonchev–Trinajstić information content (AvgIpc) is 2.77. The Morgan fingerprint density at radius 1 is 1.59 bits per heavy atom. The minimum Gasteiger partial charge on any atom is -0.298 e. The maximum absolute atomic E-state index is 11.9. The van der Waals surface area contributed by atoms with Crippen LogP contribution in [-0.2, 0) is 6.42 Å². The molecule has 1 aromatic heterocycles. The SMILES string of the molecule is CCc1ccc(C(=O)CN(C)CC(C)C#N)s1. The molecule has 4 heteroatoms. The summed E-state index contributed by atoms with van der Waals surface area (Å²) in [6.07, 6.45) is 0.971. The van der Waals surface area contributed by atoms with Crippen LogP contribution in [0.5, 0.6) is 0 Å².